The molecule has 0 bridgehead atoms. The lowest BCUT2D eigenvalue weighted by molar-refractivity contribution is -0.136. The van der Waals surface area contributed by atoms with Crippen molar-refractivity contribution < 1.29 is 19.4 Å². The third kappa shape index (κ3) is 5.07. The van der Waals surface area contributed by atoms with Crippen molar-refractivity contribution in [2.24, 2.45) is 5.10 Å². The number of carbonyl (C=O) groups excluding carboxylic acids is 2. The number of hydrogen-bond acceptors (Lipinski definition) is 5. The lowest BCUT2D eigenvalue weighted by Crippen LogP contribution is -2.32. The summed E-state index contributed by atoms with van der Waals surface area (Å²) in [4.78, 5) is 23.8. The summed E-state index contributed by atoms with van der Waals surface area (Å²) in [5, 5.41) is 16.0. The molecule has 0 unspecified atom stereocenters. The van der Waals surface area contributed by atoms with Gasteiger partial charge in [-0.1, -0.05) is 25.1 Å². The summed E-state index contributed by atoms with van der Waals surface area (Å²) >= 11 is 0. The van der Waals surface area contributed by atoms with Crippen molar-refractivity contribution in [1.29, 1.82) is 0 Å². The van der Waals surface area contributed by atoms with Crippen LogP contribution in [0.2, 0.25) is 0 Å². The molecule has 0 aromatic heterocycles. The molecule has 26 heavy (non-hydrogen) atoms. The van der Waals surface area contributed by atoms with Crippen LogP contribution in [0.4, 0.5) is 5.69 Å². The van der Waals surface area contributed by atoms with E-state index in [2.05, 4.69) is 15.8 Å². The van der Waals surface area contributed by atoms with Crippen LogP contribution in [0.25, 0.3) is 0 Å². The van der Waals surface area contributed by atoms with Gasteiger partial charge in [0, 0.05) is 5.69 Å². The normalized spacial score (nSPS) is 10.5. The predicted molar refractivity (Wildman–Crippen MR) is 99.5 cm³/mol. The highest BCUT2D eigenvalue weighted by molar-refractivity contribution is 6.39. The summed E-state index contributed by atoms with van der Waals surface area (Å²) in [5.41, 5.74) is 4.30. The monoisotopic (exact) mass is 355 g/mol. The fourth-order valence-electron chi connectivity index (χ4n) is 2.23. The molecule has 7 nitrogen and oxygen atoms in total. The third-order valence-electron chi connectivity index (χ3n) is 3.52. The number of phenolic OH excluding ortho intramolecular Hbond substituents is 1. The Kier molecular flexibility index (Phi) is 6.73. The van der Waals surface area contributed by atoms with Crippen molar-refractivity contribution in [1.82, 2.24) is 5.43 Å². The predicted octanol–water partition coefficient (Wildman–Crippen LogP) is 2.44. The van der Waals surface area contributed by atoms with E-state index in [9.17, 15) is 14.7 Å². The average molecular weight is 355 g/mol. The maximum absolute atomic E-state index is 12.0. The second-order valence-corrected chi connectivity index (χ2v) is 5.32. The Hall–Kier alpha value is -3.35. The molecular formula is C19H21N3O4. The van der Waals surface area contributed by atoms with E-state index in [0.29, 0.717) is 23.6 Å². The molecule has 0 aliphatic rings. The lowest BCUT2D eigenvalue weighted by Gasteiger charge is -2.08. The molecule has 2 aromatic carbocycles. The number of rotatable bonds is 6. The first kappa shape index (κ1) is 19.0. The minimum absolute atomic E-state index is 0.0157. The number of aromatic hydroxyl groups is 1. The Labute approximate surface area is 151 Å². The summed E-state index contributed by atoms with van der Waals surface area (Å²) in [6.45, 7) is 4.17. The Morgan fingerprint density at radius 3 is 2.65 bits per heavy atom. The van der Waals surface area contributed by atoms with Crippen LogP contribution in [0.5, 0.6) is 11.5 Å². The fraction of sp³-hybridized carbons (Fsp3) is 0.211. The van der Waals surface area contributed by atoms with E-state index in [1.54, 1.807) is 31.2 Å². The highest BCUT2D eigenvalue weighted by Gasteiger charge is 2.14. The first-order valence-electron chi connectivity index (χ1n) is 8.23. The lowest BCUT2D eigenvalue weighted by atomic mass is 10.1. The number of phenols is 1. The van der Waals surface area contributed by atoms with Gasteiger partial charge in [-0.3, -0.25) is 9.59 Å². The molecule has 7 heteroatoms. The highest BCUT2D eigenvalue weighted by Crippen LogP contribution is 2.26. The van der Waals surface area contributed by atoms with Crippen molar-refractivity contribution in [3.63, 3.8) is 0 Å². The molecule has 0 atom stereocenters. The molecule has 0 aliphatic heterocycles. The van der Waals surface area contributed by atoms with Gasteiger partial charge in [0.15, 0.2) is 11.5 Å². The largest absolute Gasteiger partial charge is 0.504 e. The van der Waals surface area contributed by atoms with E-state index >= 15 is 0 Å². The quantitative estimate of drug-likeness (QED) is 0.421. The van der Waals surface area contributed by atoms with E-state index in [-0.39, 0.29) is 5.75 Å². The van der Waals surface area contributed by atoms with E-state index in [4.69, 9.17) is 4.74 Å². The number of aryl methyl sites for hydroxylation is 1. The molecule has 0 radical (unpaired) electrons. The topological polar surface area (TPSA) is 100 Å². The standard InChI is InChI=1S/C19H21N3O4/c1-3-14-7-5-6-8-15(14)21-18(24)19(25)22-20-12-13-9-10-16(23)17(11-13)26-4-2/h5-12,23H,3-4H2,1-2H3,(H,21,24)(H,22,25)/b20-12-. The van der Waals surface area contributed by atoms with Gasteiger partial charge in [0.1, 0.15) is 0 Å². The van der Waals surface area contributed by atoms with Crippen LogP contribution >= 0.6 is 0 Å². The smallest absolute Gasteiger partial charge is 0.329 e. The number of nitrogens with one attached hydrogen (secondary N) is 2. The maximum atomic E-state index is 12.0. The second-order valence-electron chi connectivity index (χ2n) is 5.32. The number of hydrogen-bond donors (Lipinski definition) is 3. The average Bonchev–Trinajstić information content (AvgIpc) is 2.64. The van der Waals surface area contributed by atoms with E-state index in [0.717, 1.165) is 12.0 Å². The Morgan fingerprint density at radius 2 is 1.92 bits per heavy atom. The van der Waals surface area contributed by atoms with Crippen LogP contribution < -0.4 is 15.5 Å². The van der Waals surface area contributed by atoms with Crippen molar-refractivity contribution in [2.75, 3.05) is 11.9 Å². The fourth-order valence-corrected chi connectivity index (χ4v) is 2.23. The summed E-state index contributed by atoms with van der Waals surface area (Å²) in [5.74, 6) is -1.35. The van der Waals surface area contributed by atoms with Crippen LogP contribution in [0.3, 0.4) is 0 Å². The molecule has 2 amide bonds. The Bertz CT molecular complexity index is 818. The van der Waals surface area contributed by atoms with Crippen molar-refractivity contribution >= 4 is 23.7 Å². The number of ether oxygens (including phenoxy) is 1. The van der Waals surface area contributed by atoms with Crippen LogP contribution in [0.1, 0.15) is 25.0 Å². The summed E-state index contributed by atoms with van der Waals surface area (Å²) in [7, 11) is 0. The molecule has 0 spiro atoms. The Balaban J connectivity index is 1.96. The molecule has 0 saturated carbocycles. The molecule has 136 valence electrons. The number of amides is 2. The van der Waals surface area contributed by atoms with E-state index in [1.807, 2.05) is 19.1 Å². The van der Waals surface area contributed by atoms with Crippen molar-refractivity contribution in [3.8, 4) is 11.5 Å². The van der Waals surface area contributed by atoms with E-state index < -0.39 is 11.8 Å². The summed E-state index contributed by atoms with van der Waals surface area (Å²) < 4.78 is 5.27. The molecule has 0 heterocycles. The zero-order valence-electron chi connectivity index (χ0n) is 14.7. The second kappa shape index (κ2) is 9.22. The molecule has 3 N–H and O–H groups in total. The van der Waals surface area contributed by atoms with Gasteiger partial charge < -0.3 is 15.2 Å². The first-order chi connectivity index (χ1) is 12.5. The van der Waals surface area contributed by atoms with Crippen LogP contribution in [-0.2, 0) is 16.0 Å². The number of para-hydroxylation sites is 1. The molecular weight excluding hydrogens is 334 g/mol. The van der Waals surface area contributed by atoms with Gasteiger partial charge in [0.25, 0.3) is 0 Å². The SMILES string of the molecule is CCOc1cc(/C=N\NC(=O)C(=O)Nc2ccccc2CC)ccc1O. The molecule has 2 rings (SSSR count). The number of nitrogens with zero attached hydrogens (tertiary/aromatic N) is 1. The van der Waals surface area contributed by atoms with Gasteiger partial charge >= 0.3 is 11.8 Å². The van der Waals surface area contributed by atoms with Crippen molar-refractivity contribution in [2.45, 2.75) is 20.3 Å². The zero-order valence-corrected chi connectivity index (χ0v) is 14.7. The minimum atomic E-state index is -0.879. The Morgan fingerprint density at radius 1 is 1.15 bits per heavy atom. The molecule has 2 aromatic rings. The van der Waals surface area contributed by atoms with Gasteiger partial charge in [-0.15, -0.1) is 0 Å². The first-order valence-corrected chi connectivity index (χ1v) is 8.23. The van der Waals surface area contributed by atoms with Crippen molar-refractivity contribution in [3.05, 3.63) is 53.6 Å². The third-order valence-corrected chi connectivity index (χ3v) is 3.52. The van der Waals surface area contributed by atoms with Gasteiger partial charge in [-0.25, -0.2) is 5.43 Å². The molecule has 0 saturated heterocycles. The molecule has 0 aliphatic carbocycles. The summed E-state index contributed by atoms with van der Waals surface area (Å²) in [6, 6.07) is 11.9. The van der Waals surface area contributed by atoms with Gasteiger partial charge in [0.05, 0.1) is 12.8 Å². The number of anilines is 1. The maximum Gasteiger partial charge on any atom is 0.329 e. The number of carbonyl (C=O) groups is 2. The highest BCUT2D eigenvalue weighted by atomic mass is 16.5. The van der Waals surface area contributed by atoms with E-state index in [1.165, 1.54) is 12.3 Å². The van der Waals surface area contributed by atoms with Crippen LogP contribution in [0, 0.1) is 0 Å². The van der Waals surface area contributed by atoms with Crippen LogP contribution in [0.15, 0.2) is 47.6 Å². The zero-order chi connectivity index (χ0) is 18.9. The number of benzene rings is 2. The van der Waals surface area contributed by atoms with Gasteiger partial charge in [-0.05, 0) is 48.7 Å². The van der Waals surface area contributed by atoms with Crippen LogP contribution in [-0.4, -0.2) is 29.7 Å². The van der Waals surface area contributed by atoms with Gasteiger partial charge in [0.2, 0.25) is 0 Å². The summed E-state index contributed by atoms with van der Waals surface area (Å²) in [6.07, 6.45) is 2.09. The minimum Gasteiger partial charge on any atom is -0.504 e. The van der Waals surface area contributed by atoms with Gasteiger partial charge in [-0.2, -0.15) is 5.10 Å². The molecule has 0 fully saturated rings. The number of hydrazone groups is 1.